The number of carbonyl (C=O) groups excluding carboxylic acids is 1. The summed E-state index contributed by atoms with van der Waals surface area (Å²) in [6, 6.07) is 0. The zero-order valence-electron chi connectivity index (χ0n) is 19.6. The lowest BCUT2D eigenvalue weighted by Crippen LogP contribution is -2.61. The van der Waals surface area contributed by atoms with Gasteiger partial charge in [-0.1, -0.05) is 13.8 Å². The predicted molar refractivity (Wildman–Crippen MR) is 116 cm³/mol. The molecule has 0 aromatic carbocycles. The van der Waals surface area contributed by atoms with Crippen molar-refractivity contribution in [2.75, 3.05) is 0 Å². The van der Waals surface area contributed by atoms with Crippen LogP contribution >= 0.6 is 0 Å². The van der Waals surface area contributed by atoms with E-state index in [4.69, 9.17) is 9.47 Å². The molecule has 4 saturated carbocycles. The minimum Gasteiger partial charge on any atom is -0.479 e. The highest BCUT2D eigenvalue weighted by Gasteiger charge is 2.60. The first-order chi connectivity index (χ1) is 15.6. The van der Waals surface area contributed by atoms with Crippen molar-refractivity contribution < 1.29 is 39.5 Å². The van der Waals surface area contributed by atoms with E-state index >= 15 is 0 Å². The molecule has 0 aromatic rings. The number of hydrogen-bond donors (Lipinski definition) is 4. The summed E-state index contributed by atoms with van der Waals surface area (Å²) in [4.78, 5) is 24.0. The van der Waals surface area contributed by atoms with Crippen LogP contribution in [0.1, 0.15) is 71.6 Å². The minimum absolute atomic E-state index is 0.120. The molecular weight excluding hydrogens is 428 g/mol. The number of aliphatic hydroxyl groups is 3. The molecule has 8 heteroatoms. The van der Waals surface area contributed by atoms with Crippen LogP contribution < -0.4 is 0 Å². The molecule has 0 aromatic heterocycles. The number of aliphatic carboxylic acids is 1. The second-order valence-electron chi connectivity index (χ2n) is 11.8. The van der Waals surface area contributed by atoms with Crippen molar-refractivity contribution in [2.24, 2.45) is 34.5 Å². The van der Waals surface area contributed by atoms with Gasteiger partial charge in [0.05, 0.1) is 6.10 Å². The van der Waals surface area contributed by atoms with Gasteiger partial charge < -0.3 is 29.9 Å². The van der Waals surface area contributed by atoms with Gasteiger partial charge in [0.15, 0.2) is 12.4 Å². The number of carboxylic acids is 1. The molecule has 1 heterocycles. The maximum Gasteiger partial charge on any atom is 0.335 e. The average molecular weight is 467 g/mol. The van der Waals surface area contributed by atoms with Crippen molar-refractivity contribution in [1.82, 2.24) is 0 Å². The Balaban J connectivity index is 1.26. The third kappa shape index (κ3) is 3.59. The van der Waals surface area contributed by atoms with E-state index in [1.807, 2.05) is 0 Å². The van der Waals surface area contributed by atoms with E-state index in [0.717, 1.165) is 57.8 Å². The summed E-state index contributed by atoms with van der Waals surface area (Å²) in [7, 11) is 0. The van der Waals surface area contributed by atoms with Crippen molar-refractivity contribution in [3.05, 3.63) is 0 Å². The van der Waals surface area contributed by atoms with Gasteiger partial charge in [-0.05, 0) is 80.5 Å². The van der Waals surface area contributed by atoms with Gasteiger partial charge in [0.2, 0.25) is 0 Å². The number of rotatable bonds is 3. The van der Waals surface area contributed by atoms with Crippen molar-refractivity contribution in [1.29, 1.82) is 0 Å². The molecule has 1 saturated heterocycles. The third-order valence-corrected chi connectivity index (χ3v) is 10.5. The molecule has 2 unspecified atom stereocenters. The standard InChI is InChI=1S/C25H38O8/c1-24-9-7-13(32-23-20(29)18(27)19(28)21(33-23)22(30)31)11-12(24)3-4-14-15-5-6-17(26)25(15,2)10-8-16(14)24/h12-16,18-21,23,27-29H,3-11H2,1-2H3,(H,30,31)/t12-,13+,14-,15-,16-,18?,19-,20-,21?,23+,24-,25-/m0/s1. The fraction of sp³-hybridized carbons (Fsp3) is 0.920. The highest BCUT2D eigenvalue weighted by molar-refractivity contribution is 5.87. The van der Waals surface area contributed by atoms with E-state index in [2.05, 4.69) is 13.8 Å². The Morgan fingerprint density at radius 3 is 2.45 bits per heavy atom. The fourth-order valence-corrected chi connectivity index (χ4v) is 8.47. The molecule has 4 aliphatic carbocycles. The summed E-state index contributed by atoms with van der Waals surface area (Å²) in [5, 5.41) is 39.6. The van der Waals surface area contributed by atoms with Crippen molar-refractivity contribution in [3.8, 4) is 0 Å². The number of carboxylic acid groups (broad SMARTS) is 1. The Morgan fingerprint density at radius 1 is 0.970 bits per heavy atom. The van der Waals surface area contributed by atoms with Crippen LogP contribution in [0.2, 0.25) is 0 Å². The Bertz CT molecular complexity index is 801. The van der Waals surface area contributed by atoms with E-state index < -0.39 is 36.7 Å². The highest BCUT2D eigenvalue weighted by Crippen LogP contribution is 2.65. The molecule has 0 spiro atoms. The van der Waals surface area contributed by atoms with E-state index in [0.29, 0.717) is 29.5 Å². The number of aliphatic hydroxyl groups excluding tert-OH is 3. The minimum atomic E-state index is -1.71. The average Bonchev–Trinajstić information content (AvgIpc) is 3.08. The normalized spacial score (nSPS) is 54.3. The summed E-state index contributed by atoms with van der Waals surface area (Å²) in [5.41, 5.74) is 0.0757. The van der Waals surface area contributed by atoms with E-state index in [9.17, 15) is 30.0 Å². The topological polar surface area (TPSA) is 134 Å². The van der Waals surface area contributed by atoms with Gasteiger partial charge in [-0.15, -0.1) is 0 Å². The third-order valence-electron chi connectivity index (χ3n) is 10.5. The van der Waals surface area contributed by atoms with Gasteiger partial charge in [-0.2, -0.15) is 0 Å². The van der Waals surface area contributed by atoms with Crippen LogP contribution in [0.15, 0.2) is 0 Å². The Kier molecular flexibility index (Phi) is 5.93. The quantitative estimate of drug-likeness (QED) is 0.463. The number of ketones is 1. The predicted octanol–water partition coefficient (Wildman–Crippen LogP) is 1.88. The fourth-order valence-electron chi connectivity index (χ4n) is 8.47. The molecule has 0 amide bonds. The molecule has 5 fully saturated rings. The van der Waals surface area contributed by atoms with Crippen molar-refractivity contribution in [3.63, 3.8) is 0 Å². The number of Topliss-reactive ketones (excluding diaryl/α,β-unsaturated/α-hetero) is 1. The Hall–Kier alpha value is -1.06. The monoisotopic (exact) mass is 466 g/mol. The van der Waals surface area contributed by atoms with Crippen LogP contribution in [0, 0.1) is 34.5 Å². The summed E-state index contributed by atoms with van der Waals surface area (Å²) in [6.07, 6.45) is 0.719. The summed E-state index contributed by atoms with van der Waals surface area (Å²) < 4.78 is 11.4. The number of fused-ring (bicyclic) bond motifs is 5. The number of hydrogen-bond acceptors (Lipinski definition) is 7. The molecule has 8 nitrogen and oxygen atoms in total. The second kappa shape index (κ2) is 8.26. The number of carbonyl (C=O) groups is 2. The zero-order chi connectivity index (χ0) is 23.7. The Morgan fingerprint density at radius 2 is 1.73 bits per heavy atom. The maximum atomic E-state index is 12.6. The lowest BCUT2D eigenvalue weighted by Gasteiger charge is -2.60. The van der Waals surface area contributed by atoms with Gasteiger partial charge in [0.1, 0.15) is 24.1 Å². The second-order valence-corrected chi connectivity index (χ2v) is 11.8. The largest absolute Gasteiger partial charge is 0.479 e. The molecule has 33 heavy (non-hydrogen) atoms. The van der Waals surface area contributed by atoms with E-state index in [1.165, 1.54) is 0 Å². The molecule has 0 bridgehead atoms. The summed E-state index contributed by atoms with van der Waals surface area (Å²) in [5.74, 6) is 1.28. The molecule has 12 atom stereocenters. The van der Waals surface area contributed by atoms with E-state index in [1.54, 1.807) is 0 Å². The SMILES string of the molecule is C[C@]12CC[C@@H](O[C@@H]3OC(C(=O)O)[C@@H](O)C(O)[C@@H]3O)C[C@@H]1CC[C@@H]1[C@@H]2CC[C@]2(C)C(=O)CC[C@@H]12. The first-order valence-corrected chi connectivity index (χ1v) is 12.7. The van der Waals surface area contributed by atoms with Crippen molar-refractivity contribution in [2.45, 2.75) is 108 Å². The van der Waals surface area contributed by atoms with Crippen LogP contribution in [-0.2, 0) is 19.1 Å². The van der Waals surface area contributed by atoms with Crippen LogP contribution in [0.25, 0.3) is 0 Å². The van der Waals surface area contributed by atoms with Crippen molar-refractivity contribution >= 4 is 11.8 Å². The first kappa shape index (κ1) is 23.7. The molecule has 5 rings (SSSR count). The van der Waals surface area contributed by atoms with Crippen LogP contribution in [0.4, 0.5) is 0 Å². The lowest BCUT2D eigenvalue weighted by atomic mass is 9.45. The van der Waals surface area contributed by atoms with Crippen LogP contribution in [-0.4, -0.2) is 69.0 Å². The van der Waals surface area contributed by atoms with Gasteiger partial charge in [-0.25, -0.2) is 4.79 Å². The molecular formula is C25H38O8. The van der Waals surface area contributed by atoms with Gasteiger partial charge >= 0.3 is 5.97 Å². The van der Waals surface area contributed by atoms with Gasteiger partial charge in [0, 0.05) is 11.8 Å². The smallest absolute Gasteiger partial charge is 0.335 e. The first-order valence-electron chi connectivity index (χ1n) is 12.7. The summed E-state index contributed by atoms with van der Waals surface area (Å²) in [6.45, 7) is 4.62. The molecule has 0 radical (unpaired) electrons. The highest BCUT2D eigenvalue weighted by atomic mass is 16.7. The summed E-state index contributed by atoms with van der Waals surface area (Å²) >= 11 is 0. The molecule has 186 valence electrons. The van der Waals surface area contributed by atoms with Crippen LogP contribution in [0.5, 0.6) is 0 Å². The van der Waals surface area contributed by atoms with Crippen LogP contribution in [0.3, 0.4) is 0 Å². The molecule has 1 aliphatic heterocycles. The maximum absolute atomic E-state index is 12.6. The zero-order valence-corrected chi connectivity index (χ0v) is 19.6. The lowest BCUT2D eigenvalue weighted by molar-refractivity contribution is -0.309. The van der Waals surface area contributed by atoms with E-state index in [-0.39, 0.29) is 16.9 Å². The van der Waals surface area contributed by atoms with Gasteiger partial charge in [0.25, 0.3) is 0 Å². The van der Waals surface area contributed by atoms with Gasteiger partial charge in [-0.3, -0.25) is 4.79 Å². The molecule has 4 N–H and O–H groups in total. The Labute approximate surface area is 194 Å². The molecule has 5 aliphatic rings. The number of ether oxygens (including phenoxy) is 2.